The van der Waals surface area contributed by atoms with E-state index in [0.717, 1.165) is 25.1 Å². The molecule has 4 nitrogen and oxygen atoms in total. The van der Waals surface area contributed by atoms with Crippen molar-refractivity contribution in [2.45, 2.75) is 74.1 Å². The Balaban J connectivity index is 3.65. The number of nitrogens with zero attached hydrogens (tertiary/aromatic N) is 1. The number of amides is 1. The summed E-state index contributed by atoms with van der Waals surface area (Å²) in [5.41, 5.74) is 1.32. The zero-order valence-corrected chi connectivity index (χ0v) is 15.0. The van der Waals surface area contributed by atoms with Crippen LogP contribution >= 0.6 is 0 Å². The number of rotatable bonds is 8. The Labute approximate surface area is 130 Å². The van der Waals surface area contributed by atoms with Crippen LogP contribution in [-0.2, 0) is 9.63 Å². The standard InChI is InChI=1S/C17H34N2O2/c1-14(17(5,6)7)19-21-13-10-15(20)18-12-9-8-11-16(2,3)4/h8-13H2,1-7H3,(H,18,20)/b19-14-. The monoisotopic (exact) mass is 298 g/mol. The van der Waals surface area contributed by atoms with E-state index in [0.29, 0.717) is 18.4 Å². The summed E-state index contributed by atoms with van der Waals surface area (Å²) in [6.07, 6.45) is 3.73. The van der Waals surface area contributed by atoms with E-state index in [2.05, 4.69) is 52.0 Å². The Morgan fingerprint density at radius 3 is 2.24 bits per heavy atom. The first-order chi connectivity index (χ1) is 9.52. The predicted molar refractivity (Wildman–Crippen MR) is 89.4 cm³/mol. The molecular formula is C17H34N2O2. The lowest BCUT2D eigenvalue weighted by molar-refractivity contribution is -0.122. The van der Waals surface area contributed by atoms with Gasteiger partial charge in [-0.3, -0.25) is 4.79 Å². The fourth-order valence-corrected chi connectivity index (χ4v) is 1.51. The maximum Gasteiger partial charge on any atom is 0.223 e. The SMILES string of the molecule is C/C(=N/OCCC(=O)NCCCCC(C)(C)C)C(C)(C)C. The minimum atomic E-state index is 0.00924. The quantitative estimate of drug-likeness (QED) is 0.416. The second kappa shape index (κ2) is 9.06. The van der Waals surface area contributed by atoms with Crippen LogP contribution < -0.4 is 5.32 Å². The number of carbonyl (C=O) groups excluding carboxylic acids is 1. The van der Waals surface area contributed by atoms with Crippen LogP contribution in [0.25, 0.3) is 0 Å². The molecule has 0 aromatic rings. The van der Waals surface area contributed by atoms with Gasteiger partial charge in [0.25, 0.3) is 0 Å². The van der Waals surface area contributed by atoms with Gasteiger partial charge in [0, 0.05) is 12.0 Å². The molecular weight excluding hydrogens is 264 g/mol. The molecule has 0 aliphatic heterocycles. The number of oxime groups is 1. The second-order valence-electron chi connectivity index (χ2n) is 7.88. The Kier molecular flexibility index (Phi) is 8.60. The lowest BCUT2D eigenvalue weighted by Gasteiger charge is -2.17. The largest absolute Gasteiger partial charge is 0.395 e. The van der Waals surface area contributed by atoms with Gasteiger partial charge in [-0.1, -0.05) is 53.1 Å². The van der Waals surface area contributed by atoms with Crippen LogP contribution in [0.1, 0.15) is 74.1 Å². The summed E-state index contributed by atoms with van der Waals surface area (Å²) in [7, 11) is 0. The van der Waals surface area contributed by atoms with Crippen molar-refractivity contribution in [3.05, 3.63) is 0 Å². The van der Waals surface area contributed by atoms with Crippen molar-refractivity contribution < 1.29 is 9.63 Å². The van der Waals surface area contributed by atoms with Crippen LogP contribution in [0.2, 0.25) is 0 Å². The average Bonchev–Trinajstić information content (AvgIpc) is 2.31. The first kappa shape index (κ1) is 19.9. The highest BCUT2D eigenvalue weighted by molar-refractivity contribution is 5.86. The van der Waals surface area contributed by atoms with Crippen LogP contribution in [0, 0.1) is 10.8 Å². The molecule has 124 valence electrons. The van der Waals surface area contributed by atoms with E-state index in [1.54, 1.807) is 0 Å². The van der Waals surface area contributed by atoms with Gasteiger partial charge in [-0.2, -0.15) is 0 Å². The van der Waals surface area contributed by atoms with E-state index in [-0.39, 0.29) is 11.3 Å². The number of carbonyl (C=O) groups is 1. The van der Waals surface area contributed by atoms with Gasteiger partial charge in [0.2, 0.25) is 5.91 Å². The minimum Gasteiger partial charge on any atom is -0.395 e. The molecule has 1 amide bonds. The first-order valence-corrected chi connectivity index (χ1v) is 7.96. The van der Waals surface area contributed by atoms with Crippen molar-refractivity contribution in [3.63, 3.8) is 0 Å². The summed E-state index contributed by atoms with van der Waals surface area (Å²) in [6.45, 7) is 16.0. The molecule has 0 aliphatic rings. The van der Waals surface area contributed by atoms with E-state index >= 15 is 0 Å². The lowest BCUT2D eigenvalue weighted by atomic mass is 9.90. The number of hydrogen-bond acceptors (Lipinski definition) is 3. The molecule has 0 atom stereocenters. The third kappa shape index (κ3) is 12.4. The molecule has 0 aromatic carbocycles. The molecule has 0 unspecified atom stereocenters. The minimum absolute atomic E-state index is 0.00924. The van der Waals surface area contributed by atoms with E-state index in [9.17, 15) is 4.79 Å². The third-order valence-corrected chi connectivity index (χ3v) is 3.38. The molecule has 0 rings (SSSR count). The Hall–Kier alpha value is -1.06. The van der Waals surface area contributed by atoms with Gasteiger partial charge in [-0.25, -0.2) is 0 Å². The smallest absolute Gasteiger partial charge is 0.223 e. The molecule has 0 radical (unpaired) electrons. The molecule has 0 saturated carbocycles. The van der Waals surface area contributed by atoms with E-state index in [1.165, 1.54) is 6.42 Å². The maximum atomic E-state index is 11.6. The molecule has 1 N–H and O–H groups in total. The molecule has 4 heteroatoms. The summed E-state index contributed by atoms with van der Waals surface area (Å²) in [6, 6.07) is 0. The number of hydrogen-bond donors (Lipinski definition) is 1. The van der Waals surface area contributed by atoms with Crippen molar-refractivity contribution >= 4 is 11.6 Å². The van der Waals surface area contributed by atoms with Gasteiger partial charge >= 0.3 is 0 Å². The zero-order valence-electron chi connectivity index (χ0n) is 15.0. The van der Waals surface area contributed by atoms with Gasteiger partial charge in [-0.05, 0) is 25.2 Å². The fourth-order valence-electron chi connectivity index (χ4n) is 1.51. The molecule has 0 bridgehead atoms. The number of unbranched alkanes of at least 4 members (excludes halogenated alkanes) is 1. The van der Waals surface area contributed by atoms with Crippen LogP contribution in [0.4, 0.5) is 0 Å². The van der Waals surface area contributed by atoms with Crippen molar-refractivity contribution in [1.29, 1.82) is 0 Å². The summed E-state index contributed by atoms with van der Waals surface area (Å²) < 4.78 is 0. The lowest BCUT2D eigenvalue weighted by Crippen LogP contribution is -2.25. The third-order valence-electron chi connectivity index (χ3n) is 3.38. The van der Waals surface area contributed by atoms with E-state index in [4.69, 9.17) is 4.84 Å². The maximum absolute atomic E-state index is 11.6. The second-order valence-corrected chi connectivity index (χ2v) is 7.88. The van der Waals surface area contributed by atoms with Crippen molar-refractivity contribution in [2.75, 3.05) is 13.2 Å². The Morgan fingerprint density at radius 1 is 1.10 bits per heavy atom. The normalized spacial score (nSPS) is 13.2. The van der Waals surface area contributed by atoms with Crippen LogP contribution in [0.3, 0.4) is 0 Å². The first-order valence-electron chi connectivity index (χ1n) is 7.96. The zero-order chi connectivity index (χ0) is 16.5. The fraction of sp³-hybridized carbons (Fsp3) is 0.882. The van der Waals surface area contributed by atoms with Crippen LogP contribution in [0.5, 0.6) is 0 Å². The topological polar surface area (TPSA) is 50.7 Å². The Morgan fingerprint density at radius 2 is 1.71 bits per heavy atom. The summed E-state index contributed by atoms with van der Waals surface area (Å²) >= 11 is 0. The van der Waals surface area contributed by atoms with Crippen LogP contribution in [-0.4, -0.2) is 24.8 Å². The molecule has 0 aromatic heterocycles. The van der Waals surface area contributed by atoms with Crippen molar-refractivity contribution in [3.8, 4) is 0 Å². The highest BCUT2D eigenvalue weighted by atomic mass is 16.6. The van der Waals surface area contributed by atoms with E-state index in [1.807, 2.05) is 6.92 Å². The summed E-state index contributed by atoms with van der Waals surface area (Å²) in [5, 5.41) is 6.96. The molecule has 21 heavy (non-hydrogen) atoms. The van der Waals surface area contributed by atoms with Gasteiger partial charge in [-0.15, -0.1) is 0 Å². The van der Waals surface area contributed by atoms with Gasteiger partial charge in [0.05, 0.1) is 12.1 Å². The molecule has 0 saturated heterocycles. The van der Waals surface area contributed by atoms with Crippen LogP contribution in [0.15, 0.2) is 5.16 Å². The molecule has 0 aliphatic carbocycles. The highest BCUT2D eigenvalue weighted by Crippen LogP contribution is 2.21. The molecule has 0 fully saturated rings. The predicted octanol–water partition coefficient (Wildman–Crippen LogP) is 4.15. The molecule has 0 spiro atoms. The number of nitrogens with one attached hydrogen (secondary N) is 1. The molecule has 0 heterocycles. The Bertz CT molecular complexity index is 336. The highest BCUT2D eigenvalue weighted by Gasteiger charge is 2.14. The average molecular weight is 298 g/mol. The summed E-state index contributed by atoms with van der Waals surface area (Å²) in [4.78, 5) is 16.8. The van der Waals surface area contributed by atoms with Gasteiger partial charge in [0.15, 0.2) is 0 Å². The summed E-state index contributed by atoms with van der Waals surface area (Å²) in [5.74, 6) is 0.0365. The van der Waals surface area contributed by atoms with Gasteiger partial charge in [0.1, 0.15) is 6.61 Å². The van der Waals surface area contributed by atoms with E-state index < -0.39 is 0 Å². The van der Waals surface area contributed by atoms with Crippen molar-refractivity contribution in [1.82, 2.24) is 5.32 Å². The van der Waals surface area contributed by atoms with Gasteiger partial charge < -0.3 is 10.2 Å². The van der Waals surface area contributed by atoms with Crippen molar-refractivity contribution in [2.24, 2.45) is 16.0 Å².